The van der Waals surface area contributed by atoms with Gasteiger partial charge in [0.2, 0.25) is 0 Å². The largest absolute Gasteiger partial charge is 0.416 e. The van der Waals surface area contributed by atoms with Crippen LogP contribution in [0.4, 0.5) is 23.2 Å². The highest BCUT2D eigenvalue weighted by Gasteiger charge is 2.30. The van der Waals surface area contributed by atoms with Gasteiger partial charge in [0.1, 0.15) is 11.3 Å². The van der Waals surface area contributed by atoms with Gasteiger partial charge in [-0.05, 0) is 42.0 Å². The molecule has 0 radical (unpaired) electrons. The molecule has 31 heavy (non-hydrogen) atoms. The van der Waals surface area contributed by atoms with Crippen molar-refractivity contribution in [1.29, 1.82) is 0 Å². The first kappa shape index (κ1) is 20.8. The minimum absolute atomic E-state index is 0.0288. The van der Waals surface area contributed by atoms with E-state index in [4.69, 9.17) is 11.6 Å². The van der Waals surface area contributed by atoms with Crippen molar-refractivity contribution in [1.82, 2.24) is 14.5 Å². The van der Waals surface area contributed by atoms with Gasteiger partial charge in [0.25, 0.3) is 5.91 Å². The van der Waals surface area contributed by atoms with E-state index in [9.17, 15) is 22.4 Å². The number of nitrogens with zero attached hydrogens (tertiary/aromatic N) is 3. The molecule has 5 nitrogen and oxygen atoms in total. The minimum atomic E-state index is -4.46. The van der Waals surface area contributed by atoms with E-state index in [0.29, 0.717) is 17.7 Å². The van der Waals surface area contributed by atoms with Crippen molar-refractivity contribution < 1.29 is 22.4 Å². The quantitative estimate of drug-likeness (QED) is 0.417. The third kappa shape index (κ3) is 4.36. The third-order valence-electron chi connectivity index (χ3n) is 4.55. The molecule has 0 aliphatic heterocycles. The molecule has 10 heteroatoms. The second kappa shape index (κ2) is 7.99. The molecule has 1 N–H and O–H groups in total. The number of fused-ring (bicyclic) bond motifs is 1. The fourth-order valence-corrected chi connectivity index (χ4v) is 3.25. The van der Waals surface area contributed by atoms with Crippen LogP contribution in [0.2, 0.25) is 5.02 Å². The first-order valence-electron chi connectivity index (χ1n) is 8.95. The molecular weight excluding hydrogens is 436 g/mol. The number of benzene rings is 2. The van der Waals surface area contributed by atoms with Gasteiger partial charge in [-0.15, -0.1) is 0 Å². The number of carbonyl (C=O) groups is 1. The lowest BCUT2D eigenvalue weighted by atomic mass is 10.2. The fourth-order valence-electron chi connectivity index (χ4n) is 2.98. The average molecular weight is 449 g/mol. The summed E-state index contributed by atoms with van der Waals surface area (Å²) in [4.78, 5) is 21.0. The van der Waals surface area contributed by atoms with Gasteiger partial charge >= 0.3 is 6.18 Å². The van der Waals surface area contributed by atoms with E-state index in [2.05, 4.69) is 15.3 Å². The Balaban J connectivity index is 1.56. The monoisotopic (exact) mass is 448 g/mol. The van der Waals surface area contributed by atoms with Crippen LogP contribution >= 0.6 is 11.6 Å². The minimum Gasteiger partial charge on any atom is -0.322 e. The van der Waals surface area contributed by atoms with Crippen LogP contribution in [0.25, 0.3) is 11.2 Å². The smallest absolute Gasteiger partial charge is 0.322 e. The maximum atomic E-state index is 13.1. The van der Waals surface area contributed by atoms with Crippen LogP contribution < -0.4 is 5.32 Å². The molecule has 4 rings (SSSR count). The topological polar surface area (TPSA) is 59.8 Å². The lowest BCUT2D eigenvalue weighted by molar-refractivity contribution is -0.137. The number of imidazole rings is 1. The molecule has 0 atom stereocenters. The van der Waals surface area contributed by atoms with Gasteiger partial charge in [0, 0.05) is 11.9 Å². The zero-order chi connectivity index (χ0) is 22.2. The van der Waals surface area contributed by atoms with Gasteiger partial charge in [-0.1, -0.05) is 23.7 Å². The fraction of sp³-hybridized carbons (Fsp3) is 0.0952. The molecule has 1 amide bonds. The molecule has 2 aromatic heterocycles. The van der Waals surface area contributed by atoms with Crippen LogP contribution in [0, 0.1) is 5.82 Å². The molecule has 0 unspecified atom stereocenters. The average Bonchev–Trinajstić information content (AvgIpc) is 3.13. The van der Waals surface area contributed by atoms with Gasteiger partial charge in [-0.2, -0.15) is 13.2 Å². The lowest BCUT2D eigenvalue weighted by Gasteiger charge is -2.10. The Morgan fingerprint density at radius 1 is 1.03 bits per heavy atom. The molecule has 0 bridgehead atoms. The number of pyridine rings is 1. The van der Waals surface area contributed by atoms with Crippen LogP contribution in [0.1, 0.15) is 21.5 Å². The molecule has 0 saturated heterocycles. The number of nitrogens with one attached hydrogen (secondary N) is 1. The Kier molecular flexibility index (Phi) is 5.36. The van der Waals surface area contributed by atoms with E-state index >= 15 is 0 Å². The van der Waals surface area contributed by atoms with E-state index < -0.39 is 17.6 Å². The summed E-state index contributed by atoms with van der Waals surface area (Å²) in [6.07, 6.45) is -1.69. The molecule has 0 aliphatic rings. The van der Waals surface area contributed by atoms with Gasteiger partial charge in [0.05, 0.1) is 29.0 Å². The normalized spacial score (nSPS) is 11.6. The highest BCUT2D eigenvalue weighted by molar-refractivity contribution is 6.38. The van der Waals surface area contributed by atoms with Crippen molar-refractivity contribution in [3.63, 3.8) is 0 Å². The lowest BCUT2D eigenvalue weighted by Crippen LogP contribution is -2.13. The van der Waals surface area contributed by atoms with Gasteiger partial charge < -0.3 is 9.88 Å². The van der Waals surface area contributed by atoms with E-state index in [-0.39, 0.29) is 22.1 Å². The molecule has 158 valence electrons. The number of amides is 1. The summed E-state index contributed by atoms with van der Waals surface area (Å²) in [7, 11) is 0. The molecule has 2 aromatic carbocycles. The molecule has 0 spiro atoms. The molecule has 0 saturated carbocycles. The van der Waals surface area contributed by atoms with E-state index in [0.717, 1.165) is 29.8 Å². The van der Waals surface area contributed by atoms with Crippen molar-refractivity contribution >= 4 is 34.4 Å². The van der Waals surface area contributed by atoms with Gasteiger partial charge in [-0.3, -0.25) is 4.79 Å². The van der Waals surface area contributed by atoms with Crippen molar-refractivity contribution in [2.45, 2.75) is 12.7 Å². The summed E-state index contributed by atoms with van der Waals surface area (Å²) >= 11 is 6.35. The number of carbonyl (C=O) groups excluding carboxylic acids is 1. The number of hydrogen-bond acceptors (Lipinski definition) is 3. The predicted octanol–water partition coefficient (Wildman–Crippen LogP) is 5.54. The van der Waals surface area contributed by atoms with Gasteiger partial charge in [0.15, 0.2) is 5.65 Å². The molecule has 2 heterocycles. The standard InChI is InChI=1S/C21H13ClF4N4O/c22-17-16(20(31)29-15-7-3-13(4-8-15)21(24,25)26)9-27-19-18(17)28-11-30(19)10-12-1-5-14(23)6-2-12/h1-9,11H,10H2,(H,29,31). The summed E-state index contributed by atoms with van der Waals surface area (Å²) in [5, 5.41) is 2.56. The Bertz CT molecular complexity index is 1250. The van der Waals surface area contributed by atoms with Crippen molar-refractivity contribution in [3.05, 3.63) is 88.6 Å². The van der Waals surface area contributed by atoms with Crippen LogP contribution in [0.5, 0.6) is 0 Å². The Labute approximate surface area is 178 Å². The second-order valence-electron chi connectivity index (χ2n) is 6.69. The first-order valence-corrected chi connectivity index (χ1v) is 9.32. The van der Waals surface area contributed by atoms with E-state index in [1.807, 2.05) is 0 Å². The Morgan fingerprint density at radius 2 is 1.71 bits per heavy atom. The summed E-state index contributed by atoms with van der Waals surface area (Å²) in [6, 6.07) is 10.0. The molecular formula is C21H13ClF4N4O. The Morgan fingerprint density at radius 3 is 2.35 bits per heavy atom. The van der Waals surface area contributed by atoms with Crippen LogP contribution in [0.3, 0.4) is 0 Å². The number of rotatable bonds is 4. The number of alkyl halides is 3. The van der Waals surface area contributed by atoms with Gasteiger partial charge in [-0.25, -0.2) is 14.4 Å². The second-order valence-corrected chi connectivity index (χ2v) is 7.06. The number of aromatic nitrogens is 3. The molecule has 0 fully saturated rings. The van der Waals surface area contributed by atoms with Crippen molar-refractivity contribution in [2.24, 2.45) is 0 Å². The number of halogens is 5. The van der Waals surface area contributed by atoms with E-state index in [1.54, 1.807) is 16.7 Å². The highest BCUT2D eigenvalue weighted by Crippen LogP contribution is 2.30. The summed E-state index contributed by atoms with van der Waals surface area (Å²) in [5.41, 5.74) is 0.933. The predicted molar refractivity (Wildman–Crippen MR) is 107 cm³/mol. The summed E-state index contributed by atoms with van der Waals surface area (Å²) < 4.78 is 52.8. The number of hydrogen-bond donors (Lipinski definition) is 1. The van der Waals surface area contributed by atoms with Crippen LogP contribution in [0.15, 0.2) is 61.1 Å². The Hall–Kier alpha value is -3.46. The first-order chi connectivity index (χ1) is 14.7. The number of anilines is 1. The summed E-state index contributed by atoms with van der Waals surface area (Å²) in [5.74, 6) is -0.976. The van der Waals surface area contributed by atoms with Crippen LogP contribution in [-0.2, 0) is 12.7 Å². The highest BCUT2D eigenvalue weighted by atomic mass is 35.5. The zero-order valence-electron chi connectivity index (χ0n) is 15.6. The van der Waals surface area contributed by atoms with Crippen molar-refractivity contribution in [3.8, 4) is 0 Å². The zero-order valence-corrected chi connectivity index (χ0v) is 16.4. The van der Waals surface area contributed by atoms with Crippen molar-refractivity contribution in [2.75, 3.05) is 5.32 Å². The maximum absolute atomic E-state index is 13.1. The molecule has 4 aromatic rings. The third-order valence-corrected chi connectivity index (χ3v) is 4.93. The van der Waals surface area contributed by atoms with Crippen LogP contribution in [-0.4, -0.2) is 20.4 Å². The maximum Gasteiger partial charge on any atom is 0.416 e. The van der Waals surface area contributed by atoms with E-state index in [1.165, 1.54) is 24.7 Å². The molecule has 0 aliphatic carbocycles. The SMILES string of the molecule is O=C(Nc1ccc(C(F)(F)F)cc1)c1cnc2c(ncn2Cc2ccc(F)cc2)c1Cl. The summed E-state index contributed by atoms with van der Waals surface area (Å²) in [6.45, 7) is 0.372.